The number of carbonyl (C=O) groups is 2. The van der Waals surface area contributed by atoms with Crippen LogP contribution in [0.3, 0.4) is 0 Å². The maximum Gasteiger partial charge on any atom is 1.00 e. The van der Waals surface area contributed by atoms with Crippen molar-refractivity contribution in [2.75, 3.05) is 13.7 Å². The molecule has 152 valence electrons. The van der Waals surface area contributed by atoms with Crippen LogP contribution in [0.25, 0.3) is 0 Å². The Balaban J connectivity index is 0. The maximum atomic E-state index is 12.2. The number of benzene rings is 1. The van der Waals surface area contributed by atoms with Crippen LogP contribution in [-0.4, -0.2) is 25.6 Å². The third kappa shape index (κ3) is 14.0. The number of esters is 1. The van der Waals surface area contributed by atoms with Crippen molar-refractivity contribution < 1.29 is 92.3 Å². The Kier molecular flexibility index (Phi) is 18.3. The molecule has 1 N–H and O–H groups in total. The van der Waals surface area contributed by atoms with Crippen LogP contribution in [0.15, 0.2) is 24.3 Å². The Morgan fingerprint density at radius 3 is 2.38 bits per heavy atom. The van der Waals surface area contributed by atoms with Crippen LogP contribution in [0.5, 0.6) is 0 Å². The fourth-order valence-corrected chi connectivity index (χ4v) is 2.87. The van der Waals surface area contributed by atoms with Gasteiger partial charge in [0.2, 0.25) is 5.91 Å². The summed E-state index contributed by atoms with van der Waals surface area (Å²) in [5, 5.41) is 2.67. The second kappa shape index (κ2) is 16.9. The third-order valence-corrected chi connectivity index (χ3v) is 4.42. The minimum absolute atomic E-state index is 0. The first-order valence-corrected chi connectivity index (χ1v) is 10.4. The molecule has 1 aromatic rings. The van der Waals surface area contributed by atoms with E-state index >= 15 is 0 Å². The number of ether oxygens (including phenoxy) is 1. The second-order valence-electron chi connectivity index (χ2n) is 6.14. The van der Waals surface area contributed by atoms with Crippen molar-refractivity contribution in [3.8, 4) is 0 Å². The van der Waals surface area contributed by atoms with E-state index in [2.05, 4.69) is 21.5 Å². The molecule has 1 atom stereocenters. The number of unbranched alkanes of at least 4 members (excludes halogenated alkanes) is 4. The molecule has 0 radical (unpaired) electrons. The Morgan fingerprint density at radius 1 is 1.14 bits per heavy atom. The van der Waals surface area contributed by atoms with Crippen molar-refractivity contribution in [3.63, 3.8) is 0 Å². The molecule has 1 unspecified atom stereocenters. The topological polar surface area (TPSA) is 128 Å². The van der Waals surface area contributed by atoms with Crippen molar-refractivity contribution in [1.29, 1.82) is 0 Å². The molecule has 1 amide bonds. The number of hydrogen-bond donors (Lipinski definition) is 1. The van der Waals surface area contributed by atoms with Gasteiger partial charge in [-0.3, -0.25) is 4.79 Å². The Morgan fingerprint density at radius 2 is 1.79 bits per heavy atom. The van der Waals surface area contributed by atoms with E-state index in [4.69, 9.17) is 0 Å². The van der Waals surface area contributed by atoms with Crippen molar-refractivity contribution in [3.05, 3.63) is 35.4 Å². The first-order valence-electron chi connectivity index (χ1n) is 8.91. The smallest absolute Gasteiger partial charge is 0.790 e. The summed E-state index contributed by atoms with van der Waals surface area (Å²) in [5.41, 5.74) is 0.673. The van der Waals surface area contributed by atoms with Crippen LogP contribution in [0.4, 0.5) is 0 Å². The molecular weight excluding hydrogens is 419 g/mol. The molecule has 0 aliphatic rings. The number of phosphoric ester groups is 1. The van der Waals surface area contributed by atoms with Gasteiger partial charge in [-0.1, -0.05) is 44.7 Å². The molecule has 11 heteroatoms. The Hall–Kier alpha value is 0.270. The Labute approximate surface area is 216 Å². The summed E-state index contributed by atoms with van der Waals surface area (Å²) in [6.45, 7) is 1.56. The van der Waals surface area contributed by atoms with Crippen LogP contribution in [0, 0.1) is 0 Å². The normalized spacial score (nSPS) is 11.6. The summed E-state index contributed by atoms with van der Waals surface area (Å²) in [4.78, 5) is 45.5. The zero-order valence-electron chi connectivity index (χ0n) is 17.6. The molecule has 0 spiro atoms. The van der Waals surface area contributed by atoms with Crippen LogP contribution in [-0.2, 0) is 18.6 Å². The molecule has 8 nitrogen and oxygen atoms in total. The molecule has 29 heavy (non-hydrogen) atoms. The number of phosphoric acid groups is 1. The second-order valence-corrected chi connectivity index (χ2v) is 7.30. The SMILES string of the molecule is CCCCCCCC(=O)NC(COP(=O)([O-])[O-])c1cccc(C(=O)OC)c1.[Na+].[Na+]. The molecule has 0 saturated carbocycles. The molecular formula is C18H26NNa2O7P. The molecule has 0 aliphatic carbocycles. The van der Waals surface area contributed by atoms with Crippen LogP contribution < -0.4 is 74.2 Å². The van der Waals surface area contributed by atoms with Gasteiger partial charge in [0.05, 0.1) is 33.1 Å². The van der Waals surface area contributed by atoms with Crippen molar-refractivity contribution in [2.45, 2.75) is 51.5 Å². The number of rotatable bonds is 12. The summed E-state index contributed by atoms with van der Waals surface area (Å²) in [5.74, 6) is -0.854. The van der Waals surface area contributed by atoms with E-state index < -0.39 is 26.4 Å². The standard InChI is InChI=1S/C18H28NO7P.2Na/c1-3-4-5-6-7-11-17(20)19-16(13-26-27(22,23)24)14-9-8-10-15(12-14)18(21)25-2;;/h8-10,12,16H,3-7,11,13H2,1-2H3,(H,19,20)(H2,22,23,24);;/q;2*+1/p-2. The predicted octanol–water partition coefficient (Wildman–Crippen LogP) is -4.16. The average Bonchev–Trinajstić information content (AvgIpc) is 2.63. The van der Waals surface area contributed by atoms with E-state index in [0.717, 1.165) is 25.7 Å². The monoisotopic (exact) mass is 445 g/mol. The minimum Gasteiger partial charge on any atom is -0.790 e. The van der Waals surface area contributed by atoms with Gasteiger partial charge in [0, 0.05) is 6.42 Å². The number of amides is 1. The van der Waals surface area contributed by atoms with Gasteiger partial charge in [-0.25, -0.2) is 4.79 Å². The molecule has 0 fully saturated rings. The summed E-state index contributed by atoms with van der Waals surface area (Å²) < 4.78 is 19.8. The largest absolute Gasteiger partial charge is 1.00 e. The van der Waals surface area contributed by atoms with E-state index in [9.17, 15) is 23.9 Å². The number of hydrogen-bond acceptors (Lipinski definition) is 7. The summed E-state index contributed by atoms with van der Waals surface area (Å²) in [6, 6.07) is 5.27. The molecule has 0 aromatic heterocycles. The van der Waals surface area contributed by atoms with E-state index in [1.165, 1.54) is 19.2 Å². The van der Waals surface area contributed by atoms with E-state index in [0.29, 0.717) is 12.0 Å². The molecule has 1 rings (SSSR count). The number of carbonyl (C=O) groups excluding carboxylic acids is 2. The van der Waals surface area contributed by atoms with Gasteiger partial charge in [-0.15, -0.1) is 0 Å². The van der Waals surface area contributed by atoms with Crippen molar-refractivity contribution >= 4 is 19.7 Å². The van der Waals surface area contributed by atoms with Gasteiger partial charge in [-0.2, -0.15) is 0 Å². The van der Waals surface area contributed by atoms with Gasteiger partial charge in [0.1, 0.15) is 0 Å². The molecule has 0 saturated heterocycles. The fourth-order valence-electron chi connectivity index (χ4n) is 2.54. The molecule has 0 bridgehead atoms. The van der Waals surface area contributed by atoms with Crippen molar-refractivity contribution in [1.82, 2.24) is 5.32 Å². The van der Waals surface area contributed by atoms with E-state index in [1.807, 2.05) is 0 Å². The van der Waals surface area contributed by atoms with Gasteiger partial charge in [-0.05, 0) is 24.1 Å². The van der Waals surface area contributed by atoms with E-state index in [1.54, 1.807) is 12.1 Å². The molecule has 0 heterocycles. The summed E-state index contributed by atoms with van der Waals surface area (Å²) >= 11 is 0. The number of methoxy groups -OCH3 is 1. The van der Waals surface area contributed by atoms with Gasteiger partial charge < -0.3 is 28.9 Å². The average molecular weight is 445 g/mol. The molecule has 0 aliphatic heterocycles. The fraction of sp³-hybridized carbons (Fsp3) is 0.556. The van der Waals surface area contributed by atoms with Crippen LogP contribution >= 0.6 is 7.82 Å². The van der Waals surface area contributed by atoms with Crippen molar-refractivity contribution in [2.24, 2.45) is 0 Å². The zero-order chi connectivity index (χ0) is 20.3. The first kappa shape index (κ1) is 31.5. The maximum absolute atomic E-state index is 12.2. The first-order chi connectivity index (χ1) is 12.8. The van der Waals surface area contributed by atoms with E-state index in [-0.39, 0.29) is 77.0 Å². The predicted molar refractivity (Wildman–Crippen MR) is 95.6 cm³/mol. The molecule has 1 aromatic carbocycles. The van der Waals surface area contributed by atoms with Gasteiger partial charge >= 0.3 is 65.1 Å². The summed E-state index contributed by atoms with van der Waals surface area (Å²) in [6.07, 6.45) is 5.18. The number of nitrogens with one attached hydrogen (secondary N) is 1. The summed E-state index contributed by atoms with van der Waals surface area (Å²) in [7, 11) is -3.96. The zero-order valence-corrected chi connectivity index (χ0v) is 22.5. The van der Waals surface area contributed by atoms with Crippen LogP contribution in [0.2, 0.25) is 0 Å². The van der Waals surface area contributed by atoms with Gasteiger partial charge in [0.25, 0.3) is 0 Å². The quantitative estimate of drug-likeness (QED) is 0.150. The minimum atomic E-state index is -5.20. The Bertz CT molecular complexity index is 669. The van der Waals surface area contributed by atoms with Crippen LogP contribution in [0.1, 0.15) is 67.4 Å². The third-order valence-electron chi connectivity index (χ3n) is 3.95. The van der Waals surface area contributed by atoms with Gasteiger partial charge in [0.15, 0.2) is 0 Å².